The standard InChI is InChI=1S/C52H65ClN8O15S/c1-30(28-39(65)57-41(32-14-5-3-6-15-32)48(71)58-42-50(73)61-43(52(74)75)35(53)29-77-51(42)61)31(2)49(72)60(76)27-9-4-7-22-54-38(64)20-21-40(66)59(26-13-24-56-47(70)34-17-12-19-37(63)45(34)68)25-10-8-23-55-46(69)33-16-11-18-36(62)44(33)67/h3,5-6,11-12,14-19,30-31,41-42,51,62-63,67-68,76H,4,7-10,13,20-29H2,1-2H3,(H,54,64)(H,55,69)(H,56,70)(H,57,65)(H,58,71)(H,74,75)/t30?,31?,41?,42-,51?/m1/s1. The topological polar surface area (TPSA) is 345 Å². The molecule has 11 N–H and O–H groups in total. The fraction of sp³-hybridized carbons (Fsp3) is 0.442. The summed E-state index contributed by atoms with van der Waals surface area (Å²) in [6.07, 6.45) is 2.12. The zero-order valence-electron chi connectivity index (χ0n) is 42.5. The number of carbonyl (C=O) groups excluding carboxylic acids is 8. The molecule has 3 aromatic rings. The third-order valence-corrected chi connectivity index (χ3v) is 14.7. The number of β-lactam (4-membered cyclic amide) rings is 1. The number of aromatic hydroxyl groups is 4. The number of hydrogen-bond donors (Lipinski definition) is 11. The molecule has 4 unspecified atom stereocenters. The van der Waals surface area contributed by atoms with Crippen molar-refractivity contribution in [3.8, 4) is 23.0 Å². The van der Waals surface area contributed by atoms with Crippen molar-refractivity contribution in [2.24, 2.45) is 11.8 Å². The molecule has 1 fully saturated rings. The monoisotopic (exact) mass is 1110 g/mol. The van der Waals surface area contributed by atoms with Crippen LogP contribution in [0.5, 0.6) is 23.0 Å². The van der Waals surface area contributed by atoms with Gasteiger partial charge in [0.25, 0.3) is 17.7 Å². The second-order valence-electron chi connectivity index (χ2n) is 18.5. The molecule has 0 saturated carbocycles. The van der Waals surface area contributed by atoms with Crippen LogP contribution in [0.3, 0.4) is 0 Å². The van der Waals surface area contributed by atoms with E-state index in [2.05, 4.69) is 26.6 Å². The van der Waals surface area contributed by atoms with Crippen molar-refractivity contribution >= 4 is 76.6 Å². The second kappa shape index (κ2) is 29.1. The maximum absolute atomic E-state index is 13.6. The number of hydrogen-bond acceptors (Lipinski definition) is 15. The Morgan fingerprint density at radius 3 is 1.91 bits per heavy atom. The Hall–Kier alpha value is -7.57. The SMILES string of the molecule is CC(CC(=O)NC(C(=O)N[C@@H]1C(=O)N2C(C(=O)O)=C(Cl)CSC12)c1ccccc1)C(C)C(=O)N(O)CCCCCNC(=O)CCC(=O)N(CCCCNC(=O)c1cccc(O)c1O)CCCNC(=O)c1cccc(O)c1O. The van der Waals surface area contributed by atoms with E-state index in [-0.39, 0.29) is 98.0 Å². The number of aliphatic carboxylic acids is 1. The first kappa shape index (κ1) is 60.3. The molecule has 3 aromatic carbocycles. The van der Waals surface area contributed by atoms with Gasteiger partial charge in [0.2, 0.25) is 29.5 Å². The smallest absolute Gasteiger partial charge is 0.353 e. The summed E-state index contributed by atoms with van der Waals surface area (Å²) in [5.74, 6) is -9.14. The van der Waals surface area contributed by atoms with Gasteiger partial charge in [0, 0.05) is 70.2 Å². The van der Waals surface area contributed by atoms with Gasteiger partial charge in [-0.15, -0.1) is 11.8 Å². The fourth-order valence-corrected chi connectivity index (χ4v) is 9.93. The van der Waals surface area contributed by atoms with Crippen LogP contribution >= 0.6 is 23.4 Å². The molecule has 2 aliphatic heterocycles. The highest BCUT2D eigenvalue weighted by molar-refractivity contribution is 8.00. The van der Waals surface area contributed by atoms with Crippen LogP contribution in [0.15, 0.2) is 77.5 Å². The molecule has 416 valence electrons. The number of carboxylic acids is 1. The summed E-state index contributed by atoms with van der Waals surface area (Å²) >= 11 is 7.26. The van der Waals surface area contributed by atoms with Crippen molar-refractivity contribution < 1.29 is 73.9 Å². The molecule has 0 bridgehead atoms. The Labute approximate surface area is 453 Å². The summed E-state index contributed by atoms with van der Waals surface area (Å²) in [4.78, 5) is 119. The van der Waals surface area contributed by atoms with Crippen molar-refractivity contribution in [3.63, 3.8) is 0 Å². The summed E-state index contributed by atoms with van der Waals surface area (Å²) in [7, 11) is 0. The highest BCUT2D eigenvalue weighted by atomic mass is 35.5. The number of halogens is 1. The number of fused-ring (bicyclic) bond motifs is 1. The molecule has 1 saturated heterocycles. The molecule has 77 heavy (non-hydrogen) atoms. The van der Waals surface area contributed by atoms with Gasteiger partial charge in [0.05, 0.1) is 16.2 Å². The number of carboxylic acid groups (broad SMARTS) is 1. The molecule has 8 amide bonds. The second-order valence-corrected chi connectivity index (χ2v) is 20.1. The third-order valence-electron chi connectivity index (χ3n) is 13.0. The van der Waals surface area contributed by atoms with Crippen LogP contribution in [-0.4, -0.2) is 155 Å². The number of phenols is 4. The van der Waals surface area contributed by atoms with Crippen LogP contribution in [-0.2, 0) is 33.6 Å². The zero-order chi connectivity index (χ0) is 56.3. The first-order valence-electron chi connectivity index (χ1n) is 25.1. The Balaban J connectivity index is 1.01. The van der Waals surface area contributed by atoms with Gasteiger partial charge in [-0.25, -0.2) is 9.86 Å². The van der Waals surface area contributed by atoms with Crippen LogP contribution in [0.25, 0.3) is 0 Å². The zero-order valence-corrected chi connectivity index (χ0v) is 44.1. The summed E-state index contributed by atoms with van der Waals surface area (Å²) in [5.41, 5.74) is -0.150. The average Bonchev–Trinajstić information content (AvgIpc) is 3.46. The lowest BCUT2D eigenvalue weighted by molar-refractivity contribution is -0.171. The van der Waals surface area contributed by atoms with Gasteiger partial charge in [0.15, 0.2) is 23.0 Å². The van der Waals surface area contributed by atoms with Crippen LogP contribution < -0.4 is 26.6 Å². The fourth-order valence-electron chi connectivity index (χ4n) is 8.38. The molecular formula is C52H65ClN8O15S. The molecule has 0 radical (unpaired) electrons. The van der Waals surface area contributed by atoms with Gasteiger partial charge in [-0.1, -0.05) is 67.9 Å². The lowest BCUT2D eigenvalue weighted by Crippen LogP contribution is -2.71. The molecular weight excluding hydrogens is 1040 g/mol. The first-order valence-corrected chi connectivity index (χ1v) is 26.5. The third kappa shape index (κ3) is 16.7. The van der Waals surface area contributed by atoms with Gasteiger partial charge >= 0.3 is 5.97 Å². The van der Waals surface area contributed by atoms with E-state index in [0.29, 0.717) is 49.2 Å². The van der Waals surface area contributed by atoms with Crippen LogP contribution in [0.2, 0.25) is 0 Å². The van der Waals surface area contributed by atoms with E-state index in [9.17, 15) is 73.9 Å². The molecule has 0 aromatic heterocycles. The van der Waals surface area contributed by atoms with Gasteiger partial charge < -0.3 is 57.0 Å². The van der Waals surface area contributed by atoms with Gasteiger partial charge in [-0.05, 0) is 74.3 Å². The number of hydroxylamine groups is 2. The predicted octanol–water partition coefficient (Wildman–Crippen LogP) is 3.41. The van der Waals surface area contributed by atoms with E-state index < -0.39 is 93.7 Å². The summed E-state index contributed by atoms with van der Waals surface area (Å²) in [6.45, 7) is 4.21. The molecule has 5 rings (SSSR count). The summed E-state index contributed by atoms with van der Waals surface area (Å²) in [6, 6.07) is 14.0. The van der Waals surface area contributed by atoms with Crippen molar-refractivity contribution in [3.05, 3.63) is 94.1 Å². The van der Waals surface area contributed by atoms with E-state index in [4.69, 9.17) is 11.6 Å². The summed E-state index contributed by atoms with van der Waals surface area (Å²) < 4.78 is 0. The Morgan fingerprint density at radius 2 is 1.29 bits per heavy atom. The van der Waals surface area contributed by atoms with Crippen LogP contribution in [0, 0.1) is 11.8 Å². The largest absolute Gasteiger partial charge is 0.504 e. The van der Waals surface area contributed by atoms with E-state index in [1.165, 1.54) is 53.1 Å². The lowest BCUT2D eigenvalue weighted by Gasteiger charge is -2.49. The first-order chi connectivity index (χ1) is 36.7. The summed E-state index contributed by atoms with van der Waals surface area (Å²) in [5, 5.41) is 73.0. The minimum absolute atomic E-state index is 0.00467. The number of carbonyl (C=O) groups is 9. The quantitative estimate of drug-likeness (QED) is 0.0156. The highest BCUT2D eigenvalue weighted by Gasteiger charge is 2.54. The number of unbranched alkanes of at least 4 members (excludes halogenated alkanes) is 3. The number of nitrogens with zero attached hydrogens (tertiary/aromatic N) is 3. The van der Waals surface area contributed by atoms with Crippen molar-refractivity contribution in [2.45, 2.75) is 89.1 Å². The van der Waals surface area contributed by atoms with Crippen molar-refractivity contribution in [1.29, 1.82) is 0 Å². The van der Waals surface area contributed by atoms with E-state index in [1.54, 1.807) is 44.2 Å². The van der Waals surface area contributed by atoms with Gasteiger partial charge in [-0.2, -0.15) is 0 Å². The van der Waals surface area contributed by atoms with E-state index >= 15 is 0 Å². The highest BCUT2D eigenvalue weighted by Crippen LogP contribution is 2.41. The number of benzene rings is 3. The minimum atomic E-state index is -1.37. The van der Waals surface area contributed by atoms with Crippen LogP contribution in [0.4, 0.5) is 0 Å². The van der Waals surface area contributed by atoms with Crippen molar-refractivity contribution in [1.82, 2.24) is 41.4 Å². The molecule has 2 aliphatic rings. The molecule has 23 nitrogen and oxygen atoms in total. The number of para-hydroxylation sites is 2. The van der Waals surface area contributed by atoms with Crippen LogP contribution in [0.1, 0.15) is 104 Å². The Kier molecular flexibility index (Phi) is 22.8. The number of amides is 8. The Morgan fingerprint density at radius 1 is 0.714 bits per heavy atom. The number of phenolic OH excluding ortho intramolecular Hbond substituents is 4. The molecule has 25 heteroatoms. The lowest BCUT2D eigenvalue weighted by atomic mass is 9.91. The van der Waals surface area contributed by atoms with Crippen molar-refractivity contribution in [2.75, 3.05) is 45.0 Å². The number of rotatable bonds is 29. The molecule has 5 atom stereocenters. The molecule has 0 spiro atoms. The maximum atomic E-state index is 13.6. The maximum Gasteiger partial charge on any atom is 0.353 e. The van der Waals surface area contributed by atoms with Gasteiger partial charge in [0.1, 0.15) is 23.2 Å². The van der Waals surface area contributed by atoms with Gasteiger partial charge in [-0.3, -0.25) is 48.5 Å². The number of thioether (sulfide) groups is 1. The average molecular weight is 1110 g/mol. The van der Waals surface area contributed by atoms with E-state index in [1.807, 2.05) is 0 Å². The predicted molar refractivity (Wildman–Crippen MR) is 280 cm³/mol. The Bertz CT molecular complexity index is 2680. The molecule has 0 aliphatic carbocycles. The van der Waals surface area contributed by atoms with E-state index in [0.717, 1.165) is 4.90 Å². The normalized spacial score (nSPS) is 15.9. The molecule has 2 heterocycles. The number of nitrogens with one attached hydrogen (secondary N) is 5. The minimum Gasteiger partial charge on any atom is -0.504 e.